The first-order valence-electron chi connectivity index (χ1n) is 7.12. The molecule has 0 saturated carbocycles. The van der Waals surface area contributed by atoms with E-state index in [-0.39, 0.29) is 11.9 Å². The van der Waals surface area contributed by atoms with E-state index in [1.54, 1.807) is 19.2 Å². The van der Waals surface area contributed by atoms with Gasteiger partial charge in [-0.05, 0) is 31.9 Å². The van der Waals surface area contributed by atoms with Crippen LogP contribution in [0.5, 0.6) is 0 Å². The zero-order valence-electron chi connectivity index (χ0n) is 12.0. The molecule has 0 aliphatic carbocycles. The van der Waals surface area contributed by atoms with Crippen LogP contribution in [0, 0.1) is 6.92 Å². The summed E-state index contributed by atoms with van der Waals surface area (Å²) in [7, 11) is 0. The summed E-state index contributed by atoms with van der Waals surface area (Å²) in [5.41, 5.74) is 0.336. The number of nitrogens with one attached hydrogen (secondary N) is 1. The van der Waals surface area contributed by atoms with Gasteiger partial charge in [-0.15, -0.1) is 0 Å². The van der Waals surface area contributed by atoms with E-state index in [1.807, 2.05) is 18.2 Å². The molecular weight excluding hydrogens is 268 g/mol. The number of piperidine rings is 1. The second kappa shape index (κ2) is 5.95. The maximum Gasteiger partial charge on any atom is 0.273 e. The molecule has 0 bridgehead atoms. The molecule has 1 aliphatic rings. The molecule has 110 valence electrons. The van der Waals surface area contributed by atoms with Crippen molar-refractivity contribution in [1.82, 2.24) is 15.5 Å². The average Bonchev–Trinajstić information content (AvgIpc) is 2.95. The number of hydrogen-bond acceptors (Lipinski definition) is 5. The molecule has 1 fully saturated rings. The molecule has 3 heterocycles. The van der Waals surface area contributed by atoms with Gasteiger partial charge in [-0.3, -0.25) is 4.79 Å². The lowest BCUT2D eigenvalue weighted by atomic mass is 10.1. The van der Waals surface area contributed by atoms with Gasteiger partial charge in [-0.2, -0.15) is 0 Å². The van der Waals surface area contributed by atoms with E-state index in [0.29, 0.717) is 11.5 Å². The number of carbonyl (C=O) groups is 1. The zero-order chi connectivity index (χ0) is 14.7. The maximum absolute atomic E-state index is 12.1. The topological polar surface area (TPSA) is 71.3 Å². The number of carbonyl (C=O) groups excluding carboxylic acids is 1. The molecule has 1 saturated heterocycles. The Kier molecular flexibility index (Phi) is 3.85. The van der Waals surface area contributed by atoms with Gasteiger partial charge in [0.25, 0.3) is 5.91 Å². The molecule has 1 amide bonds. The molecule has 3 rings (SSSR count). The van der Waals surface area contributed by atoms with Gasteiger partial charge in [0.1, 0.15) is 11.6 Å². The minimum Gasteiger partial charge on any atom is -0.361 e. The highest BCUT2D eigenvalue weighted by atomic mass is 16.5. The molecule has 1 N–H and O–H groups in total. The first-order valence-corrected chi connectivity index (χ1v) is 7.12. The van der Waals surface area contributed by atoms with Crippen molar-refractivity contribution in [2.75, 3.05) is 18.0 Å². The molecule has 6 nitrogen and oxygen atoms in total. The molecule has 2 aromatic rings. The van der Waals surface area contributed by atoms with Crippen LogP contribution in [0.4, 0.5) is 5.82 Å². The van der Waals surface area contributed by atoms with Crippen LogP contribution in [0.15, 0.2) is 35.0 Å². The third kappa shape index (κ3) is 3.21. The normalized spacial score (nSPS) is 18.5. The van der Waals surface area contributed by atoms with Crippen LogP contribution in [0.25, 0.3) is 0 Å². The number of aromatic nitrogens is 2. The van der Waals surface area contributed by atoms with Crippen molar-refractivity contribution in [3.63, 3.8) is 0 Å². The van der Waals surface area contributed by atoms with E-state index in [2.05, 4.69) is 20.4 Å². The summed E-state index contributed by atoms with van der Waals surface area (Å²) in [6, 6.07) is 7.62. The Morgan fingerprint density at radius 1 is 1.48 bits per heavy atom. The smallest absolute Gasteiger partial charge is 0.273 e. The van der Waals surface area contributed by atoms with Crippen LogP contribution in [-0.4, -0.2) is 35.2 Å². The molecule has 1 atom stereocenters. The van der Waals surface area contributed by atoms with Crippen molar-refractivity contribution in [1.29, 1.82) is 0 Å². The second-order valence-corrected chi connectivity index (χ2v) is 5.27. The summed E-state index contributed by atoms with van der Waals surface area (Å²) < 4.78 is 4.93. The van der Waals surface area contributed by atoms with Crippen LogP contribution in [-0.2, 0) is 0 Å². The standard InChI is InChI=1S/C15H18N4O2/c1-11-9-13(18-21-11)15(20)17-12-5-4-8-19(10-12)14-6-2-3-7-16-14/h2-3,6-7,9,12H,4-5,8,10H2,1H3,(H,17,20)/t12-/m0/s1. The van der Waals surface area contributed by atoms with Crippen LogP contribution in [0.1, 0.15) is 29.1 Å². The van der Waals surface area contributed by atoms with Crippen molar-refractivity contribution < 1.29 is 9.32 Å². The lowest BCUT2D eigenvalue weighted by Gasteiger charge is -2.33. The van der Waals surface area contributed by atoms with Gasteiger partial charge in [-0.1, -0.05) is 11.2 Å². The molecule has 0 spiro atoms. The average molecular weight is 286 g/mol. The van der Waals surface area contributed by atoms with Gasteiger partial charge in [0.05, 0.1) is 0 Å². The number of anilines is 1. The van der Waals surface area contributed by atoms with Crippen molar-refractivity contribution in [3.05, 3.63) is 41.9 Å². The lowest BCUT2D eigenvalue weighted by molar-refractivity contribution is 0.0924. The van der Waals surface area contributed by atoms with E-state index in [0.717, 1.165) is 31.7 Å². The summed E-state index contributed by atoms with van der Waals surface area (Å²) in [4.78, 5) is 18.7. The van der Waals surface area contributed by atoms with Gasteiger partial charge < -0.3 is 14.7 Å². The predicted octanol–water partition coefficient (Wildman–Crippen LogP) is 1.78. The molecule has 0 aromatic carbocycles. The number of hydrogen-bond donors (Lipinski definition) is 1. The van der Waals surface area contributed by atoms with E-state index in [1.165, 1.54) is 0 Å². The number of amides is 1. The van der Waals surface area contributed by atoms with E-state index < -0.39 is 0 Å². The lowest BCUT2D eigenvalue weighted by Crippen LogP contribution is -2.48. The monoisotopic (exact) mass is 286 g/mol. The Balaban J connectivity index is 1.62. The predicted molar refractivity (Wildman–Crippen MR) is 78.2 cm³/mol. The van der Waals surface area contributed by atoms with Gasteiger partial charge >= 0.3 is 0 Å². The number of nitrogens with zero attached hydrogens (tertiary/aromatic N) is 3. The van der Waals surface area contributed by atoms with Gasteiger partial charge in [0.2, 0.25) is 0 Å². The van der Waals surface area contributed by atoms with Gasteiger partial charge in [-0.25, -0.2) is 4.98 Å². The van der Waals surface area contributed by atoms with Crippen molar-refractivity contribution in [3.8, 4) is 0 Å². The molecule has 2 aromatic heterocycles. The fourth-order valence-corrected chi connectivity index (χ4v) is 2.58. The van der Waals surface area contributed by atoms with Gasteiger partial charge in [0, 0.05) is 31.4 Å². The number of pyridine rings is 1. The molecule has 21 heavy (non-hydrogen) atoms. The Morgan fingerprint density at radius 3 is 3.10 bits per heavy atom. The highest BCUT2D eigenvalue weighted by Gasteiger charge is 2.23. The SMILES string of the molecule is Cc1cc(C(=O)N[C@H]2CCCN(c3ccccn3)C2)no1. The zero-order valence-corrected chi connectivity index (χ0v) is 12.0. The number of aryl methyl sites for hydroxylation is 1. The Labute approximate surface area is 123 Å². The highest BCUT2D eigenvalue weighted by Crippen LogP contribution is 2.17. The van der Waals surface area contributed by atoms with E-state index >= 15 is 0 Å². The van der Waals surface area contributed by atoms with Crippen molar-refractivity contribution in [2.24, 2.45) is 0 Å². The molecule has 0 unspecified atom stereocenters. The fourth-order valence-electron chi connectivity index (χ4n) is 2.58. The largest absolute Gasteiger partial charge is 0.361 e. The first-order chi connectivity index (χ1) is 10.2. The van der Waals surface area contributed by atoms with Crippen LogP contribution in [0.2, 0.25) is 0 Å². The Bertz CT molecular complexity index is 611. The first kappa shape index (κ1) is 13.6. The Morgan fingerprint density at radius 2 is 2.38 bits per heavy atom. The third-order valence-corrected chi connectivity index (χ3v) is 3.59. The molecular formula is C15H18N4O2. The van der Waals surface area contributed by atoms with E-state index in [4.69, 9.17) is 4.52 Å². The van der Waals surface area contributed by atoms with Crippen molar-refractivity contribution in [2.45, 2.75) is 25.8 Å². The molecule has 0 radical (unpaired) electrons. The summed E-state index contributed by atoms with van der Waals surface area (Å²) in [5, 5.41) is 6.76. The molecule has 1 aliphatic heterocycles. The minimum absolute atomic E-state index is 0.102. The van der Waals surface area contributed by atoms with Crippen molar-refractivity contribution >= 4 is 11.7 Å². The highest BCUT2D eigenvalue weighted by molar-refractivity contribution is 5.92. The second-order valence-electron chi connectivity index (χ2n) is 5.27. The third-order valence-electron chi connectivity index (χ3n) is 3.59. The van der Waals surface area contributed by atoms with Gasteiger partial charge in [0.15, 0.2) is 5.69 Å². The molecule has 6 heteroatoms. The minimum atomic E-state index is -0.181. The fraction of sp³-hybridized carbons (Fsp3) is 0.400. The summed E-state index contributed by atoms with van der Waals surface area (Å²) >= 11 is 0. The summed E-state index contributed by atoms with van der Waals surface area (Å²) in [6.45, 7) is 3.50. The van der Waals surface area contributed by atoms with Crippen LogP contribution in [0.3, 0.4) is 0 Å². The summed E-state index contributed by atoms with van der Waals surface area (Å²) in [6.07, 6.45) is 3.78. The maximum atomic E-state index is 12.1. The Hall–Kier alpha value is -2.37. The number of rotatable bonds is 3. The van der Waals surface area contributed by atoms with Crippen LogP contribution >= 0.6 is 0 Å². The quantitative estimate of drug-likeness (QED) is 0.931. The van der Waals surface area contributed by atoms with E-state index in [9.17, 15) is 4.79 Å². The van der Waals surface area contributed by atoms with Crippen LogP contribution < -0.4 is 10.2 Å². The summed E-state index contributed by atoms with van der Waals surface area (Å²) in [5.74, 6) is 1.41.